The van der Waals surface area contributed by atoms with E-state index in [9.17, 15) is 0 Å². The van der Waals surface area contributed by atoms with Gasteiger partial charge in [0.05, 0.1) is 5.56 Å². The summed E-state index contributed by atoms with van der Waals surface area (Å²) in [6.45, 7) is 4.18. The minimum atomic E-state index is 0.0854. The van der Waals surface area contributed by atoms with Gasteiger partial charge in [0, 0.05) is 18.8 Å². The SMILES string of the molecule is Cc1ccc(C(=N)N)c(N(C)C2CCN(C)CC2)n1. The number of aromatic nitrogens is 1. The second-order valence-corrected chi connectivity index (χ2v) is 5.38. The van der Waals surface area contributed by atoms with Gasteiger partial charge in [0.25, 0.3) is 0 Å². The van der Waals surface area contributed by atoms with Gasteiger partial charge in [-0.25, -0.2) is 4.98 Å². The lowest BCUT2D eigenvalue weighted by atomic mass is 10.0. The Balaban J connectivity index is 2.25. The fraction of sp³-hybridized carbons (Fsp3) is 0.571. The zero-order valence-corrected chi connectivity index (χ0v) is 12.0. The molecule has 5 heteroatoms. The van der Waals surface area contributed by atoms with E-state index in [4.69, 9.17) is 11.1 Å². The maximum Gasteiger partial charge on any atom is 0.139 e. The molecule has 19 heavy (non-hydrogen) atoms. The van der Waals surface area contributed by atoms with Crippen molar-refractivity contribution in [1.29, 1.82) is 5.41 Å². The lowest BCUT2D eigenvalue weighted by molar-refractivity contribution is 0.252. The summed E-state index contributed by atoms with van der Waals surface area (Å²) in [5, 5.41) is 7.69. The molecule has 0 spiro atoms. The maximum atomic E-state index is 7.69. The van der Waals surface area contributed by atoms with E-state index in [-0.39, 0.29) is 5.84 Å². The highest BCUT2D eigenvalue weighted by atomic mass is 15.2. The van der Waals surface area contributed by atoms with Crippen molar-refractivity contribution in [2.45, 2.75) is 25.8 Å². The molecule has 2 rings (SSSR count). The van der Waals surface area contributed by atoms with E-state index in [1.54, 1.807) is 0 Å². The predicted octanol–water partition coefficient (Wildman–Crippen LogP) is 1.20. The molecule has 1 saturated heterocycles. The number of hydrogen-bond acceptors (Lipinski definition) is 4. The third-order valence-corrected chi connectivity index (χ3v) is 3.87. The van der Waals surface area contributed by atoms with Crippen molar-refractivity contribution in [3.8, 4) is 0 Å². The van der Waals surface area contributed by atoms with Crippen LogP contribution in [0.4, 0.5) is 5.82 Å². The van der Waals surface area contributed by atoms with Crippen molar-refractivity contribution in [3.05, 3.63) is 23.4 Å². The third kappa shape index (κ3) is 3.04. The Morgan fingerprint density at radius 2 is 2.05 bits per heavy atom. The average Bonchev–Trinajstić information content (AvgIpc) is 2.38. The Labute approximate surface area is 114 Å². The van der Waals surface area contributed by atoms with Crippen LogP contribution in [0.3, 0.4) is 0 Å². The number of aryl methyl sites for hydroxylation is 1. The third-order valence-electron chi connectivity index (χ3n) is 3.87. The molecule has 0 aromatic carbocycles. The Kier molecular flexibility index (Phi) is 4.04. The van der Waals surface area contributed by atoms with Crippen molar-refractivity contribution >= 4 is 11.7 Å². The first kappa shape index (κ1) is 13.8. The second-order valence-electron chi connectivity index (χ2n) is 5.38. The number of rotatable bonds is 3. The van der Waals surface area contributed by atoms with Crippen molar-refractivity contribution in [1.82, 2.24) is 9.88 Å². The number of likely N-dealkylation sites (tertiary alicyclic amines) is 1. The molecule has 0 amide bonds. The minimum absolute atomic E-state index is 0.0854. The molecule has 0 saturated carbocycles. The van der Waals surface area contributed by atoms with E-state index < -0.39 is 0 Å². The average molecular weight is 261 g/mol. The predicted molar refractivity (Wildman–Crippen MR) is 78.9 cm³/mol. The number of anilines is 1. The summed E-state index contributed by atoms with van der Waals surface area (Å²) in [6.07, 6.45) is 2.25. The molecule has 0 unspecified atom stereocenters. The number of piperidine rings is 1. The molecule has 104 valence electrons. The van der Waals surface area contributed by atoms with E-state index >= 15 is 0 Å². The van der Waals surface area contributed by atoms with E-state index in [0.717, 1.165) is 43.0 Å². The molecule has 1 aromatic heterocycles. The summed E-state index contributed by atoms with van der Waals surface area (Å²) in [7, 11) is 4.21. The largest absolute Gasteiger partial charge is 0.384 e. The summed E-state index contributed by atoms with van der Waals surface area (Å²) >= 11 is 0. The number of pyridine rings is 1. The molecule has 0 bridgehead atoms. The zero-order chi connectivity index (χ0) is 14.0. The first-order valence-corrected chi connectivity index (χ1v) is 6.72. The first-order chi connectivity index (χ1) is 8.99. The van der Waals surface area contributed by atoms with Crippen LogP contribution in [-0.2, 0) is 0 Å². The molecule has 0 atom stereocenters. The Hall–Kier alpha value is -1.62. The van der Waals surface area contributed by atoms with Gasteiger partial charge in [-0.15, -0.1) is 0 Å². The van der Waals surface area contributed by atoms with Gasteiger partial charge in [-0.1, -0.05) is 0 Å². The van der Waals surface area contributed by atoms with Crippen LogP contribution >= 0.6 is 0 Å². The fourth-order valence-electron chi connectivity index (χ4n) is 2.58. The molecule has 5 nitrogen and oxygen atoms in total. The summed E-state index contributed by atoms with van der Waals surface area (Å²) in [5.41, 5.74) is 7.35. The molecule has 0 aliphatic carbocycles. The Morgan fingerprint density at radius 1 is 1.42 bits per heavy atom. The summed E-state index contributed by atoms with van der Waals surface area (Å²) < 4.78 is 0. The Morgan fingerprint density at radius 3 is 2.63 bits per heavy atom. The van der Waals surface area contributed by atoms with Crippen molar-refractivity contribution in [3.63, 3.8) is 0 Å². The molecule has 2 heterocycles. The van der Waals surface area contributed by atoms with Gasteiger partial charge in [-0.3, -0.25) is 5.41 Å². The summed E-state index contributed by atoms with van der Waals surface area (Å²) in [4.78, 5) is 9.12. The maximum absolute atomic E-state index is 7.69. The number of hydrogen-bond donors (Lipinski definition) is 2. The topological polar surface area (TPSA) is 69.2 Å². The van der Waals surface area contributed by atoms with E-state index in [0.29, 0.717) is 6.04 Å². The number of nitrogens with two attached hydrogens (primary N) is 1. The van der Waals surface area contributed by atoms with Crippen LogP contribution in [0.2, 0.25) is 0 Å². The number of nitrogens with zero attached hydrogens (tertiary/aromatic N) is 3. The molecule has 1 aromatic rings. The lowest BCUT2D eigenvalue weighted by Gasteiger charge is -2.36. The highest BCUT2D eigenvalue weighted by molar-refractivity contribution is 5.99. The normalized spacial score (nSPS) is 17.4. The van der Waals surface area contributed by atoms with Gasteiger partial charge in [0.2, 0.25) is 0 Å². The standard InChI is InChI=1S/C14H23N5/c1-10-4-5-12(13(15)16)14(17-10)19(3)11-6-8-18(2)9-7-11/h4-5,11H,6-9H2,1-3H3,(H3,15,16). The molecule has 1 aliphatic heterocycles. The molecular formula is C14H23N5. The van der Waals surface area contributed by atoms with Crippen LogP contribution in [0, 0.1) is 12.3 Å². The molecule has 1 fully saturated rings. The number of amidine groups is 1. The summed E-state index contributed by atoms with van der Waals surface area (Å²) in [5.74, 6) is 0.921. The Bertz CT molecular complexity index is 463. The highest BCUT2D eigenvalue weighted by Gasteiger charge is 2.23. The fourth-order valence-corrected chi connectivity index (χ4v) is 2.58. The van der Waals surface area contributed by atoms with E-state index in [1.807, 2.05) is 19.1 Å². The first-order valence-electron chi connectivity index (χ1n) is 6.72. The molecule has 0 radical (unpaired) electrons. The quantitative estimate of drug-likeness (QED) is 0.634. The van der Waals surface area contributed by atoms with Crippen LogP contribution in [0.15, 0.2) is 12.1 Å². The van der Waals surface area contributed by atoms with E-state index in [1.165, 1.54) is 0 Å². The van der Waals surface area contributed by atoms with Crippen LogP contribution in [0.25, 0.3) is 0 Å². The van der Waals surface area contributed by atoms with Gasteiger partial charge in [0.1, 0.15) is 11.7 Å². The van der Waals surface area contributed by atoms with Crippen LogP contribution in [-0.4, -0.2) is 48.9 Å². The van der Waals surface area contributed by atoms with E-state index in [2.05, 4.69) is 28.9 Å². The second kappa shape index (κ2) is 5.57. The van der Waals surface area contributed by atoms with Crippen LogP contribution < -0.4 is 10.6 Å². The van der Waals surface area contributed by atoms with Gasteiger partial charge in [-0.05, 0) is 52.0 Å². The molecular weight excluding hydrogens is 238 g/mol. The van der Waals surface area contributed by atoms with Gasteiger partial charge in [0.15, 0.2) is 0 Å². The number of nitrogens with one attached hydrogen (secondary N) is 1. The highest BCUT2D eigenvalue weighted by Crippen LogP contribution is 2.23. The van der Waals surface area contributed by atoms with Gasteiger partial charge >= 0.3 is 0 Å². The molecule has 1 aliphatic rings. The smallest absolute Gasteiger partial charge is 0.139 e. The van der Waals surface area contributed by atoms with Crippen LogP contribution in [0.1, 0.15) is 24.1 Å². The van der Waals surface area contributed by atoms with Crippen molar-refractivity contribution < 1.29 is 0 Å². The monoisotopic (exact) mass is 261 g/mol. The summed E-state index contributed by atoms with van der Waals surface area (Å²) in [6, 6.07) is 4.28. The minimum Gasteiger partial charge on any atom is -0.384 e. The van der Waals surface area contributed by atoms with Gasteiger partial charge < -0.3 is 15.5 Å². The molecule has 3 N–H and O–H groups in total. The zero-order valence-electron chi connectivity index (χ0n) is 12.0. The lowest BCUT2D eigenvalue weighted by Crippen LogP contribution is -2.43. The van der Waals surface area contributed by atoms with Crippen molar-refractivity contribution in [2.24, 2.45) is 5.73 Å². The number of nitrogen functional groups attached to an aromatic ring is 1. The van der Waals surface area contributed by atoms with Crippen LogP contribution in [0.5, 0.6) is 0 Å². The van der Waals surface area contributed by atoms with Crippen molar-refractivity contribution in [2.75, 3.05) is 32.1 Å². The van der Waals surface area contributed by atoms with Gasteiger partial charge in [-0.2, -0.15) is 0 Å².